The van der Waals surface area contributed by atoms with E-state index in [9.17, 15) is 9.59 Å². The first-order chi connectivity index (χ1) is 16.7. The van der Waals surface area contributed by atoms with Crippen LogP contribution in [0.15, 0.2) is 47.3 Å². The second kappa shape index (κ2) is 8.92. The molecular weight excluding hydrogens is 510 g/mol. The van der Waals surface area contributed by atoms with E-state index in [4.69, 9.17) is 5.73 Å². The highest BCUT2D eigenvalue weighted by molar-refractivity contribution is 9.10. The molecule has 1 aromatic carbocycles. The number of fused-ring (bicyclic) bond motifs is 3. The lowest BCUT2D eigenvalue weighted by molar-refractivity contribution is -0.139. The van der Waals surface area contributed by atoms with Crippen LogP contribution in [0.5, 0.6) is 0 Å². The number of nitrogens with two attached hydrogens (primary N) is 1. The number of pyridine rings is 1. The highest BCUT2D eigenvalue weighted by Gasteiger charge is 2.43. The quantitative estimate of drug-likeness (QED) is 0.382. The first-order valence-corrected chi connectivity index (χ1v) is 12.3. The summed E-state index contributed by atoms with van der Waals surface area (Å²) < 4.78 is 2.49. The lowest BCUT2D eigenvalue weighted by atomic mass is 10.0. The number of carbonyl (C=O) groups is 2. The highest BCUT2D eigenvalue weighted by atomic mass is 79.9. The molecule has 9 nitrogen and oxygen atoms in total. The topological polar surface area (TPSA) is 119 Å². The third-order valence-corrected chi connectivity index (χ3v) is 7.31. The van der Waals surface area contributed by atoms with Crippen LogP contribution in [0.25, 0.3) is 21.9 Å². The van der Waals surface area contributed by atoms with Gasteiger partial charge in [-0.05, 0) is 66.4 Å². The number of halogens is 1. The molecule has 0 spiro atoms. The van der Waals surface area contributed by atoms with Gasteiger partial charge in [0.1, 0.15) is 40.8 Å². The third kappa shape index (κ3) is 4.12. The number of benzene rings is 1. The van der Waals surface area contributed by atoms with Crippen molar-refractivity contribution in [1.82, 2.24) is 24.4 Å². The predicted octanol–water partition coefficient (Wildman–Crippen LogP) is 3.90. The molecule has 0 radical (unpaired) electrons. The fourth-order valence-electron chi connectivity index (χ4n) is 4.97. The first-order valence-electron chi connectivity index (χ1n) is 11.5. The van der Waals surface area contributed by atoms with Crippen LogP contribution in [0.4, 0.5) is 11.6 Å². The number of carbonyl (C=O) groups excluding carboxylic acids is 2. The van der Waals surface area contributed by atoms with Crippen LogP contribution >= 0.6 is 15.9 Å². The van der Waals surface area contributed by atoms with Gasteiger partial charge in [0.05, 0.1) is 10.9 Å². The average Bonchev–Trinajstić information content (AvgIpc) is 3.28. The summed E-state index contributed by atoms with van der Waals surface area (Å²) in [7, 11) is 0. The van der Waals surface area contributed by atoms with Gasteiger partial charge in [-0.15, -0.1) is 0 Å². The molecule has 1 fully saturated rings. The van der Waals surface area contributed by atoms with Crippen LogP contribution in [0.2, 0.25) is 0 Å². The molecule has 0 aliphatic carbocycles. The van der Waals surface area contributed by atoms with E-state index in [0.29, 0.717) is 28.3 Å². The van der Waals surface area contributed by atoms with Gasteiger partial charge in [0.2, 0.25) is 11.8 Å². The minimum Gasteiger partial charge on any atom is -0.383 e. The smallest absolute Gasteiger partial charge is 0.248 e. The molecule has 3 atom stereocenters. The molecule has 0 unspecified atom stereocenters. The van der Waals surface area contributed by atoms with E-state index in [-0.39, 0.29) is 30.3 Å². The predicted molar refractivity (Wildman–Crippen MR) is 139 cm³/mol. The van der Waals surface area contributed by atoms with Crippen LogP contribution in [-0.2, 0) is 16.1 Å². The number of amides is 2. The number of aryl methyl sites for hydroxylation is 1. The fraction of sp³-hybridized carbons (Fsp3) is 0.320. The van der Waals surface area contributed by atoms with E-state index in [0.717, 1.165) is 21.9 Å². The summed E-state index contributed by atoms with van der Waals surface area (Å²) in [5.74, 6) is 0.585. The maximum atomic E-state index is 13.8. The van der Waals surface area contributed by atoms with Gasteiger partial charge in [-0.3, -0.25) is 9.59 Å². The molecule has 3 N–H and O–H groups in total. The zero-order valence-electron chi connectivity index (χ0n) is 19.7. The van der Waals surface area contributed by atoms with E-state index >= 15 is 0 Å². The number of likely N-dealkylation sites (tertiary alicyclic amines) is 1. The van der Waals surface area contributed by atoms with E-state index in [1.165, 1.54) is 6.33 Å². The van der Waals surface area contributed by atoms with Crippen molar-refractivity contribution in [3.8, 4) is 0 Å². The Kier molecular flexibility index (Phi) is 5.92. The van der Waals surface area contributed by atoms with E-state index < -0.39 is 6.04 Å². The van der Waals surface area contributed by atoms with Crippen molar-refractivity contribution < 1.29 is 9.59 Å². The number of nitrogens with zero attached hydrogens (tertiary/aromatic N) is 5. The molecule has 35 heavy (non-hydrogen) atoms. The molecule has 4 heterocycles. The van der Waals surface area contributed by atoms with Crippen LogP contribution in [0.3, 0.4) is 0 Å². The largest absolute Gasteiger partial charge is 0.383 e. The molecule has 4 aromatic rings. The molecule has 2 amide bonds. The third-order valence-electron chi connectivity index (χ3n) is 6.87. The van der Waals surface area contributed by atoms with Gasteiger partial charge in [0, 0.05) is 11.4 Å². The summed E-state index contributed by atoms with van der Waals surface area (Å²) in [6.07, 6.45) is 1.99. The van der Waals surface area contributed by atoms with Crippen molar-refractivity contribution in [3.05, 3.63) is 52.9 Å². The summed E-state index contributed by atoms with van der Waals surface area (Å²) in [6.45, 7) is 6.09. The standard InChI is InChI=1S/C25H26BrN7O2/c1-13-7-8-17-16(9-13)22-23(27)28-12-29-24(22)32(17)11-21(34)33-15(3)14(2)10-18(33)25(35)31-20-6-4-5-19(26)30-20/h4-9,12,14-15,18H,10-11H2,1-3H3,(H2,27,28,29)(H,30,31,35)/t14-,15-,18+/m1/s1. The molecular formula is C25H26BrN7O2. The van der Waals surface area contributed by atoms with Gasteiger partial charge in [0.15, 0.2) is 0 Å². The van der Waals surface area contributed by atoms with Crippen molar-refractivity contribution >= 4 is 61.3 Å². The number of anilines is 2. The van der Waals surface area contributed by atoms with E-state index in [2.05, 4.69) is 43.1 Å². The fourth-order valence-corrected chi connectivity index (χ4v) is 5.32. The van der Waals surface area contributed by atoms with E-state index in [1.54, 1.807) is 23.1 Å². The van der Waals surface area contributed by atoms with Crippen molar-refractivity contribution in [2.75, 3.05) is 11.1 Å². The summed E-state index contributed by atoms with van der Waals surface area (Å²) in [4.78, 5) is 41.6. The second-order valence-electron chi connectivity index (χ2n) is 9.17. The van der Waals surface area contributed by atoms with Crippen LogP contribution < -0.4 is 11.1 Å². The van der Waals surface area contributed by atoms with Gasteiger partial charge in [0.25, 0.3) is 0 Å². The van der Waals surface area contributed by atoms with Crippen molar-refractivity contribution in [2.45, 2.75) is 45.8 Å². The first kappa shape index (κ1) is 23.2. The lowest BCUT2D eigenvalue weighted by Gasteiger charge is -2.29. The van der Waals surface area contributed by atoms with Gasteiger partial charge in [-0.2, -0.15) is 0 Å². The molecule has 5 rings (SSSR count). The van der Waals surface area contributed by atoms with Gasteiger partial charge in [-0.1, -0.05) is 24.6 Å². The Hall–Kier alpha value is -3.53. The molecule has 0 saturated carbocycles. The molecule has 180 valence electrons. The van der Waals surface area contributed by atoms with Crippen LogP contribution in [0.1, 0.15) is 25.8 Å². The Labute approximate surface area is 210 Å². The minimum atomic E-state index is -0.594. The number of nitrogens with one attached hydrogen (secondary N) is 1. The maximum absolute atomic E-state index is 13.8. The molecule has 10 heteroatoms. The summed E-state index contributed by atoms with van der Waals surface area (Å²) in [5, 5.41) is 4.50. The van der Waals surface area contributed by atoms with Gasteiger partial charge in [-0.25, -0.2) is 15.0 Å². The Bertz CT molecular complexity index is 1470. The number of rotatable bonds is 4. The molecule has 0 bridgehead atoms. The molecule has 1 saturated heterocycles. The number of aromatic nitrogens is 4. The van der Waals surface area contributed by atoms with E-state index in [1.807, 2.05) is 36.6 Å². The zero-order chi connectivity index (χ0) is 24.9. The number of hydrogen-bond donors (Lipinski definition) is 2. The van der Waals surface area contributed by atoms with Crippen LogP contribution in [-0.4, -0.2) is 48.3 Å². The summed E-state index contributed by atoms with van der Waals surface area (Å²) >= 11 is 3.32. The van der Waals surface area contributed by atoms with Crippen LogP contribution in [0, 0.1) is 12.8 Å². The van der Waals surface area contributed by atoms with Gasteiger partial charge < -0.3 is 20.5 Å². The Morgan fingerprint density at radius 3 is 2.77 bits per heavy atom. The molecule has 1 aliphatic heterocycles. The number of hydrogen-bond acceptors (Lipinski definition) is 6. The number of nitrogen functional groups attached to an aromatic ring is 1. The van der Waals surface area contributed by atoms with Crippen molar-refractivity contribution in [3.63, 3.8) is 0 Å². The average molecular weight is 536 g/mol. The molecule has 1 aliphatic rings. The summed E-state index contributed by atoms with van der Waals surface area (Å²) in [5.41, 5.74) is 8.73. The lowest BCUT2D eigenvalue weighted by Crippen LogP contribution is -2.47. The second-order valence-corrected chi connectivity index (χ2v) is 9.98. The summed E-state index contributed by atoms with van der Waals surface area (Å²) in [6, 6.07) is 10.6. The molecule has 3 aromatic heterocycles. The zero-order valence-corrected chi connectivity index (χ0v) is 21.3. The Morgan fingerprint density at radius 1 is 1.20 bits per heavy atom. The van der Waals surface area contributed by atoms with Crippen molar-refractivity contribution in [1.29, 1.82) is 0 Å². The highest BCUT2D eigenvalue weighted by Crippen LogP contribution is 2.34. The monoisotopic (exact) mass is 535 g/mol. The maximum Gasteiger partial charge on any atom is 0.248 e. The minimum absolute atomic E-state index is 0.0372. The SMILES string of the molecule is Cc1ccc2c(c1)c1c(N)ncnc1n2CC(=O)N1[C@H](C)[C@H](C)C[C@H]1C(=O)Nc1cccc(Br)n1. The van der Waals surface area contributed by atoms with Gasteiger partial charge >= 0.3 is 0 Å². The normalized spacial score (nSPS) is 20.0. The Balaban J connectivity index is 1.49. The Morgan fingerprint density at radius 2 is 2.00 bits per heavy atom. The van der Waals surface area contributed by atoms with Crippen molar-refractivity contribution in [2.24, 2.45) is 5.92 Å².